The predicted octanol–water partition coefficient (Wildman–Crippen LogP) is 3.67. The van der Waals surface area contributed by atoms with Gasteiger partial charge in [0.05, 0.1) is 19.4 Å². The van der Waals surface area contributed by atoms with E-state index in [1.807, 2.05) is 0 Å². The number of methoxy groups -OCH3 is 2. The van der Waals surface area contributed by atoms with Crippen LogP contribution in [0.2, 0.25) is 0 Å². The highest BCUT2D eigenvalue weighted by molar-refractivity contribution is 9.10. The number of benzene rings is 1. The molecule has 5 heteroatoms. The largest absolute Gasteiger partial charge is 0.383 e. The fourth-order valence-corrected chi connectivity index (χ4v) is 4.67. The molecule has 0 amide bonds. The lowest BCUT2D eigenvalue weighted by atomic mass is 9.90. The van der Waals surface area contributed by atoms with Gasteiger partial charge in [-0.3, -0.25) is 9.80 Å². The molecular weight excluding hydrogens is 368 g/mol. The smallest absolute Gasteiger partial charge is 0.0893 e. The Labute approximate surface area is 154 Å². The molecule has 24 heavy (non-hydrogen) atoms. The van der Waals surface area contributed by atoms with Crippen LogP contribution in [-0.2, 0) is 9.47 Å². The second kappa shape index (κ2) is 8.77. The maximum Gasteiger partial charge on any atom is 0.0893 e. The number of hydrogen-bond donors (Lipinski definition) is 0. The molecular formula is C19H29BrN2O2. The van der Waals surface area contributed by atoms with E-state index >= 15 is 0 Å². The van der Waals surface area contributed by atoms with E-state index in [1.165, 1.54) is 31.2 Å². The molecule has 0 radical (unpaired) electrons. The van der Waals surface area contributed by atoms with E-state index in [1.54, 1.807) is 14.2 Å². The van der Waals surface area contributed by atoms with Crippen LogP contribution in [-0.4, -0.2) is 62.4 Å². The Hall–Kier alpha value is -0.460. The lowest BCUT2D eigenvalue weighted by Gasteiger charge is -2.32. The van der Waals surface area contributed by atoms with Crippen molar-refractivity contribution < 1.29 is 9.47 Å². The maximum absolute atomic E-state index is 5.41. The van der Waals surface area contributed by atoms with Gasteiger partial charge in [-0.15, -0.1) is 0 Å². The molecule has 0 N–H and O–H groups in total. The molecule has 1 aliphatic heterocycles. The number of fused-ring (bicyclic) bond motifs is 1. The summed E-state index contributed by atoms with van der Waals surface area (Å²) in [5.41, 5.74) is 1.37. The molecule has 1 aliphatic carbocycles. The molecule has 0 bridgehead atoms. The highest BCUT2D eigenvalue weighted by Gasteiger charge is 2.47. The van der Waals surface area contributed by atoms with Crippen molar-refractivity contribution in [2.24, 2.45) is 0 Å². The van der Waals surface area contributed by atoms with Crippen LogP contribution in [0.25, 0.3) is 0 Å². The zero-order valence-corrected chi connectivity index (χ0v) is 16.4. The molecule has 0 unspecified atom stereocenters. The number of hydrogen-bond acceptors (Lipinski definition) is 4. The highest BCUT2D eigenvalue weighted by Crippen LogP contribution is 2.43. The summed E-state index contributed by atoms with van der Waals surface area (Å²) in [5.74, 6) is 0. The zero-order chi connectivity index (χ0) is 16.9. The number of ether oxygens (including phenoxy) is 2. The third-order valence-electron chi connectivity index (χ3n) is 5.45. The van der Waals surface area contributed by atoms with Crippen molar-refractivity contribution in [2.45, 2.75) is 43.9 Å². The summed E-state index contributed by atoms with van der Waals surface area (Å²) in [6.07, 6.45) is 5.61. The van der Waals surface area contributed by atoms with Gasteiger partial charge in [-0.2, -0.15) is 0 Å². The first-order chi connectivity index (χ1) is 11.8. The monoisotopic (exact) mass is 396 g/mol. The number of nitrogens with zero attached hydrogens (tertiary/aromatic N) is 2. The fraction of sp³-hybridized carbons (Fsp3) is 0.684. The lowest BCUT2D eigenvalue weighted by molar-refractivity contribution is 0.0641. The maximum atomic E-state index is 5.41. The van der Waals surface area contributed by atoms with E-state index in [4.69, 9.17) is 9.47 Å². The summed E-state index contributed by atoms with van der Waals surface area (Å²) >= 11 is 3.56. The van der Waals surface area contributed by atoms with Crippen LogP contribution in [0.3, 0.4) is 0 Å². The van der Waals surface area contributed by atoms with E-state index in [-0.39, 0.29) is 0 Å². The molecule has 1 saturated heterocycles. The van der Waals surface area contributed by atoms with E-state index < -0.39 is 0 Å². The first kappa shape index (κ1) is 18.3. The number of rotatable bonds is 7. The Balaban J connectivity index is 1.91. The van der Waals surface area contributed by atoms with Gasteiger partial charge in [0.2, 0.25) is 0 Å². The van der Waals surface area contributed by atoms with Gasteiger partial charge >= 0.3 is 0 Å². The van der Waals surface area contributed by atoms with Gasteiger partial charge in [-0.1, -0.05) is 40.9 Å². The topological polar surface area (TPSA) is 24.9 Å². The van der Waals surface area contributed by atoms with Crippen LogP contribution in [0.1, 0.15) is 37.4 Å². The van der Waals surface area contributed by atoms with Crippen molar-refractivity contribution in [3.8, 4) is 0 Å². The standard InChI is InChI=1S/C19H29BrN2O2/c1-23-13-11-21-17-5-3-4-6-18(17)22(12-14-24-2)19(21)15-7-9-16(20)10-8-15/h7-10,17-19H,3-6,11-14H2,1-2H3/t17-,18-/m1/s1. The molecule has 1 heterocycles. The Kier molecular flexibility index (Phi) is 6.70. The molecule has 3 rings (SSSR count). The normalized spacial score (nSPS) is 26.0. The Bertz CT molecular complexity index is 487. The first-order valence-electron chi connectivity index (χ1n) is 9.01. The van der Waals surface area contributed by atoms with Crippen molar-refractivity contribution in [3.05, 3.63) is 34.3 Å². The van der Waals surface area contributed by atoms with Crippen molar-refractivity contribution in [1.82, 2.24) is 9.80 Å². The van der Waals surface area contributed by atoms with Gasteiger partial charge in [0.1, 0.15) is 0 Å². The SMILES string of the molecule is COCCN1C(c2ccc(Br)cc2)N(CCOC)[C@@H]2CCCC[C@H]21. The molecule has 1 saturated carbocycles. The minimum absolute atomic E-state index is 0.330. The van der Waals surface area contributed by atoms with Gasteiger partial charge in [-0.25, -0.2) is 0 Å². The van der Waals surface area contributed by atoms with Crippen molar-refractivity contribution in [1.29, 1.82) is 0 Å². The molecule has 4 nitrogen and oxygen atoms in total. The Morgan fingerprint density at radius 2 is 1.42 bits per heavy atom. The minimum atomic E-state index is 0.330. The van der Waals surface area contributed by atoms with Gasteiger partial charge in [0.15, 0.2) is 0 Å². The van der Waals surface area contributed by atoms with Gasteiger partial charge in [0, 0.05) is 43.9 Å². The van der Waals surface area contributed by atoms with Crippen LogP contribution in [0.15, 0.2) is 28.7 Å². The third kappa shape index (κ3) is 3.86. The molecule has 0 spiro atoms. The second-order valence-corrected chi connectivity index (χ2v) is 7.72. The molecule has 1 aromatic rings. The first-order valence-corrected chi connectivity index (χ1v) is 9.80. The second-order valence-electron chi connectivity index (χ2n) is 6.81. The number of halogens is 1. The summed E-state index contributed by atoms with van der Waals surface area (Å²) in [6.45, 7) is 3.55. The third-order valence-corrected chi connectivity index (χ3v) is 5.98. The van der Waals surface area contributed by atoms with Crippen LogP contribution in [0, 0.1) is 0 Å². The highest BCUT2D eigenvalue weighted by atomic mass is 79.9. The summed E-state index contributed by atoms with van der Waals surface area (Å²) < 4.78 is 12.0. The van der Waals surface area contributed by atoms with Crippen LogP contribution in [0.4, 0.5) is 0 Å². The van der Waals surface area contributed by atoms with Crippen molar-refractivity contribution >= 4 is 15.9 Å². The summed E-state index contributed by atoms with van der Waals surface area (Å²) in [7, 11) is 3.59. The van der Waals surface area contributed by atoms with E-state index in [0.717, 1.165) is 30.8 Å². The van der Waals surface area contributed by atoms with E-state index in [2.05, 4.69) is 50.0 Å². The van der Waals surface area contributed by atoms with Crippen LogP contribution >= 0.6 is 15.9 Å². The molecule has 2 fully saturated rings. The van der Waals surface area contributed by atoms with Gasteiger partial charge in [-0.05, 0) is 30.5 Å². The van der Waals surface area contributed by atoms with Gasteiger partial charge in [0.25, 0.3) is 0 Å². The Morgan fingerprint density at radius 3 is 1.88 bits per heavy atom. The van der Waals surface area contributed by atoms with Gasteiger partial charge < -0.3 is 9.47 Å². The lowest BCUT2D eigenvalue weighted by Crippen LogP contribution is -2.41. The molecule has 2 atom stereocenters. The van der Waals surface area contributed by atoms with Crippen LogP contribution < -0.4 is 0 Å². The Morgan fingerprint density at radius 1 is 0.917 bits per heavy atom. The average Bonchev–Trinajstić information content (AvgIpc) is 2.92. The average molecular weight is 397 g/mol. The molecule has 0 aromatic heterocycles. The van der Waals surface area contributed by atoms with Crippen molar-refractivity contribution in [3.63, 3.8) is 0 Å². The minimum Gasteiger partial charge on any atom is -0.383 e. The van der Waals surface area contributed by atoms with E-state index in [9.17, 15) is 0 Å². The molecule has 1 aromatic carbocycles. The molecule has 2 aliphatic rings. The van der Waals surface area contributed by atoms with E-state index in [0.29, 0.717) is 18.2 Å². The summed E-state index contributed by atoms with van der Waals surface area (Å²) in [5, 5.41) is 0. The molecule has 134 valence electrons. The summed E-state index contributed by atoms with van der Waals surface area (Å²) in [4.78, 5) is 5.35. The fourth-order valence-electron chi connectivity index (χ4n) is 4.41. The van der Waals surface area contributed by atoms with Crippen molar-refractivity contribution in [2.75, 3.05) is 40.5 Å². The summed E-state index contributed by atoms with van der Waals surface area (Å²) in [6, 6.07) is 10.1. The zero-order valence-electron chi connectivity index (χ0n) is 14.8. The predicted molar refractivity (Wildman–Crippen MR) is 100 cm³/mol. The van der Waals surface area contributed by atoms with Crippen LogP contribution in [0.5, 0.6) is 0 Å². The quantitative estimate of drug-likeness (QED) is 0.701.